The van der Waals surface area contributed by atoms with Crippen molar-refractivity contribution in [2.45, 2.75) is 0 Å². The monoisotopic (exact) mass is 676 g/mol. The summed E-state index contributed by atoms with van der Waals surface area (Å²) in [5, 5.41) is 11.4. The van der Waals surface area contributed by atoms with Gasteiger partial charge in [0.1, 0.15) is 33.5 Å². The lowest BCUT2D eigenvalue weighted by molar-refractivity contribution is 0.665. The van der Waals surface area contributed by atoms with Crippen LogP contribution < -0.4 is 0 Å². The molecule has 0 N–H and O–H groups in total. The summed E-state index contributed by atoms with van der Waals surface area (Å²) in [7, 11) is 0. The standard InChI is InChI=1S/C50H28O3/c1-3-16-35-33(14-1)46(29-24-25-32-30-12-5-8-21-42(30)51-45(32)28-29)34-15-2-4-17-36(34)47(35)41-27-26-39(50-48(41)40-18-7-10-23-44(40)53-50)38-20-11-19-37-31-13-6-9-22-43(31)52-49(37)38/h1-28H. The zero-order valence-electron chi connectivity index (χ0n) is 28.4. The Hall–Kier alpha value is -7.10. The van der Waals surface area contributed by atoms with Crippen molar-refractivity contribution in [3.63, 3.8) is 0 Å². The second-order valence-electron chi connectivity index (χ2n) is 13.9. The van der Waals surface area contributed by atoms with Crippen LogP contribution in [0.4, 0.5) is 0 Å². The molecule has 0 fully saturated rings. The molecule has 0 aliphatic heterocycles. The Morgan fingerprint density at radius 2 is 0.736 bits per heavy atom. The van der Waals surface area contributed by atoms with Crippen LogP contribution in [0.25, 0.3) is 121 Å². The van der Waals surface area contributed by atoms with Crippen LogP contribution in [-0.2, 0) is 0 Å². The predicted molar refractivity (Wildman–Crippen MR) is 220 cm³/mol. The summed E-state index contributed by atoms with van der Waals surface area (Å²) in [6.45, 7) is 0. The predicted octanol–water partition coefficient (Wildman–Crippen LogP) is 14.7. The van der Waals surface area contributed by atoms with E-state index in [2.05, 4.69) is 140 Å². The van der Waals surface area contributed by atoms with Gasteiger partial charge in [-0.2, -0.15) is 0 Å². The third-order valence-electron chi connectivity index (χ3n) is 11.1. The van der Waals surface area contributed by atoms with E-state index in [-0.39, 0.29) is 0 Å². The van der Waals surface area contributed by atoms with Crippen LogP contribution in [-0.4, -0.2) is 0 Å². The maximum absolute atomic E-state index is 6.85. The van der Waals surface area contributed by atoms with E-state index in [1.807, 2.05) is 30.3 Å². The van der Waals surface area contributed by atoms with Gasteiger partial charge in [-0.3, -0.25) is 0 Å². The number of para-hydroxylation sites is 4. The number of benzene rings is 9. The molecular formula is C50H28O3. The topological polar surface area (TPSA) is 39.4 Å². The fraction of sp³-hybridized carbons (Fsp3) is 0. The van der Waals surface area contributed by atoms with Crippen molar-refractivity contribution < 1.29 is 13.3 Å². The molecule has 246 valence electrons. The van der Waals surface area contributed by atoms with E-state index in [1.54, 1.807) is 0 Å². The molecule has 0 amide bonds. The Morgan fingerprint density at radius 3 is 1.43 bits per heavy atom. The van der Waals surface area contributed by atoms with Crippen LogP contribution in [0, 0.1) is 0 Å². The maximum Gasteiger partial charge on any atom is 0.144 e. The van der Waals surface area contributed by atoms with Gasteiger partial charge in [0.05, 0.1) is 0 Å². The molecule has 9 aromatic carbocycles. The molecule has 0 aliphatic carbocycles. The van der Waals surface area contributed by atoms with E-state index in [0.29, 0.717) is 0 Å². The summed E-state index contributed by atoms with van der Waals surface area (Å²) >= 11 is 0. The van der Waals surface area contributed by atoms with Crippen molar-refractivity contribution in [1.29, 1.82) is 0 Å². The van der Waals surface area contributed by atoms with Gasteiger partial charge < -0.3 is 13.3 Å². The lowest BCUT2D eigenvalue weighted by atomic mass is 9.84. The number of fused-ring (bicyclic) bond motifs is 11. The quantitative estimate of drug-likeness (QED) is 0.175. The lowest BCUT2D eigenvalue weighted by Crippen LogP contribution is -1.92. The summed E-state index contributed by atoms with van der Waals surface area (Å²) < 4.78 is 19.8. The summed E-state index contributed by atoms with van der Waals surface area (Å²) in [5.41, 5.74) is 11.9. The molecule has 3 heterocycles. The first-order valence-corrected chi connectivity index (χ1v) is 18.0. The van der Waals surface area contributed by atoms with Crippen LogP contribution in [0.15, 0.2) is 183 Å². The fourth-order valence-electron chi connectivity index (χ4n) is 8.82. The molecule has 53 heavy (non-hydrogen) atoms. The summed E-state index contributed by atoms with van der Waals surface area (Å²) in [6.07, 6.45) is 0. The number of rotatable bonds is 3. The minimum atomic E-state index is 0.851. The number of hydrogen-bond acceptors (Lipinski definition) is 3. The van der Waals surface area contributed by atoms with Crippen molar-refractivity contribution in [2.24, 2.45) is 0 Å². The van der Waals surface area contributed by atoms with E-state index >= 15 is 0 Å². The van der Waals surface area contributed by atoms with Crippen LogP contribution >= 0.6 is 0 Å². The summed E-state index contributed by atoms with van der Waals surface area (Å²) in [4.78, 5) is 0. The Balaban J connectivity index is 1.17. The maximum atomic E-state index is 6.85. The number of furan rings is 3. The zero-order chi connectivity index (χ0) is 34.6. The molecule has 0 spiro atoms. The van der Waals surface area contributed by atoms with Crippen LogP contribution in [0.1, 0.15) is 0 Å². The molecule has 0 saturated heterocycles. The summed E-state index contributed by atoms with van der Waals surface area (Å²) in [5.74, 6) is 0. The average molecular weight is 677 g/mol. The van der Waals surface area contributed by atoms with Gasteiger partial charge in [-0.25, -0.2) is 0 Å². The summed E-state index contributed by atoms with van der Waals surface area (Å²) in [6, 6.07) is 60.1. The van der Waals surface area contributed by atoms with Crippen molar-refractivity contribution >= 4 is 87.4 Å². The van der Waals surface area contributed by atoms with E-state index in [4.69, 9.17) is 13.3 Å². The average Bonchev–Trinajstić information content (AvgIpc) is 3.91. The highest BCUT2D eigenvalue weighted by atomic mass is 16.3. The second kappa shape index (κ2) is 10.7. The van der Waals surface area contributed by atoms with Gasteiger partial charge in [0.25, 0.3) is 0 Å². The molecule has 12 rings (SSSR count). The first-order chi connectivity index (χ1) is 26.3. The molecule has 3 heteroatoms. The van der Waals surface area contributed by atoms with Gasteiger partial charge in [-0.05, 0) is 80.2 Å². The van der Waals surface area contributed by atoms with Gasteiger partial charge in [-0.15, -0.1) is 0 Å². The molecule has 0 unspecified atom stereocenters. The third kappa shape index (κ3) is 3.99. The van der Waals surface area contributed by atoms with E-state index < -0.39 is 0 Å². The van der Waals surface area contributed by atoms with E-state index in [1.165, 1.54) is 32.7 Å². The minimum absolute atomic E-state index is 0.851. The SMILES string of the molecule is c1ccc2c(c1)oc1cc(-c3c4ccccc4c(-c4ccc(-c5cccc6c5oc5ccccc56)c5oc6ccccc6c45)c4ccccc34)ccc12. The van der Waals surface area contributed by atoms with Crippen LogP contribution in [0.3, 0.4) is 0 Å². The molecular weight excluding hydrogens is 649 g/mol. The highest BCUT2D eigenvalue weighted by molar-refractivity contribution is 6.27. The Morgan fingerprint density at radius 1 is 0.264 bits per heavy atom. The highest BCUT2D eigenvalue weighted by Gasteiger charge is 2.24. The van der Waals surface area contributed by atoms with Crippen LogP contribution in [0.5, 0.6) is 0 Å². The molecule has 0 atom stereocenters. The van der Waals surface area contributed by atoms with Gasteiger partial charge in [0.2, 0.25) is 0 Å². The van der Waals surface area contributed by atoms with Crippen molar-refractivity contribution in [3.05, 3.63) is 170 Å². The molecule has 3 aromatic heterocycles. The fourth-order valence-corrected chi connectivity index (χ4v) is 8.82. The Kier molecular flexibility index (Phi) is 5.77. The van der Waals surface area contributed by atoms with Gasteiger partial charge in [0.15, 0.2) is 0 Å². The normalized spacial score (nSPS) is 12.2. The van der Waals surface area contributed by atoms with Gasteiger partial charge in [-0.1, -0.05) is 133 Å². The van der Waals surface area contributed by atoms with Gasteiger partial charge >= 0.3 is 0 Å². The largest absolute Gasteiger partial charge is 0.456 e. The first-order valence-electron chi connectivity index (χ1n) is 18.0. The lowest BCUT2D eigenvalue weighted by Gasteiger charge is -2.18. The first kappa shape index (κ1) is 28.6. The minimum Gasteiger partial charge on any atom is -0.456 e. The van der Waals surface area contributed by atoms with Gasteiger partial charge in [0, 0.05) is 43.4 Å². The molecule has 0 radical (unpaired) electrons. The third-order valence-corrected chi connectivity index (χ3v) is 11.1. The Bertz CT molecular complexity index is 3410. The van der Waals surface area contributed by atoms with Crippen molar-refractivity contribution in [2.75, 3.05) is 0 Å². The van der Waals surface area contributed by atoms with E-state index in [9.17, 15) is 0 Å². The van der Waals surface area contributed by atoms with Crippen molar-refractivity contribution in [3.8, 4) is 33.4 Å². The molecule has 0 saturated carbocycles. The number of hydrogen-bond donors (Lipinski definition) is 0. The zero-order valence-corrected chi connectivity index (χ0v) is 28.4. The molecule has 12 aromatic rings. The smallest absolute Gasteiger partial charge is 0.144 e. The second-order valence-corrected chi connectivity index (χ2v) is 13.9. The van der Waals surface area contributed by atoms with E-state index in [0.717, 1.165) is 88.1 Å². The molecule has 0 bridgehead atoms. The van der Waals surface area contributed by atoms with Crippen LogP contribution in [0.2, 0.25) is 0 Å². The molecule has 0 aliphatic rings. The van der Waals surface area contributed by atoms with Crippen molar-refractivity contribution in [1.82, 2.24) is 0 Å². The Labute approximate surface area is 302 Å². The highest BCUT2D eigenvalue weighted by Crippen LogP contribution is 2.50. The molecule has 3 nitrogen and oxygen atoms in total.